The van der Waals surface area contributed by atoms with E-state index in [-0.39, 0.29) is 23.0 Å². The minimum atomic E-state index is -0.346. The number of nitrogens with zero attached hydrogens (tertiary/aromatic N) is 3. The summed E-state index contributed by atoms with van der Waals surface area (Å²) in [5.74, 6) is 0.394. The molecule has 146 valence electrons. The Labute approximate surface area is 168 Å². The SMILES string of the molecule is CCn1c(S[C@@H](C)C(=O)N[C@@H](C)c2ccc(F)cc2)nnc1-c1ccccc1. The third-order valence-corrected chi connectivity index (χ3v) is 5.53. The molecule has 1 N–H and O–H groups in total. The van der Waals surface area contributed by atoms with Crippen LogP contribution in [0.4, 0.5) is 4.39 Å². The maximum absolute atomic E-state index is 13.1. The summed E-state index contributed by atoms with van der Waals surface area (Å²) >= 11 is 1.38. The molecule has 0 saturated heterocycles. The third-order valence-electron chi connectivity index (χ3n) is 4.45. The van der Waals surface area contributed by atoms with Gasteiger partial charge >= 0.3 is 0 Å². The molecule has 0 radical (unpaired) electrons. The lowest BCUT2D eigenvalue weighted by Gasteiger charge is -2.18. The van der Waals surface area contributed by atoms with Gasteiger partial charge in [0.1, 0.15) is 5.82 Å². The molecule has 0 aliphatic rings. The fourth-order valence-electron chi connectivity index (χ4n) is 2.84. The van der Waals surface area contributed by atoms with E-state index in [1.807, 2.05) is 55.7 Å². The smallest absolute Gasteiger partial charge is 0.233 e. The van der Waals surface area contributed by atoms with E-state index < -0.39 is 0 Å². The molecule has 3 aromatic rings. The van der Waals surface area contributed by atoms with E-state index in [1.54, 1.807) is 12.1 Å². The van der Waals surface area contributed by atoms with E-state index in [0.29, 0.717) is 11.7 Å². The van der Waals surface area contributed by atoms with Crippen LogP contribution in [0.2, 0.25) is 0 Å². The van der Waals surface area contributed by atoms with Crippen LogP contribution in [0.15, 0.2) is 59.8 Å². The molecule has 0 spiro atoms. The highest BCUT2D eigenvalue weighted by atomic mass is 32.2. The second-order valence-corrected chi connectivity index (χ2v) is 7.77. The summed E-state index contributed by atoms with van der Waals surface area (Å²) in [5.41, 5.74) is 1.85. The van der Waals surface area contributed by atoms with E-state index in [0.717, 1.165) is 17.0 Å². The first-order chi connectivity index (χ1) is 13.5. The molecule has 5 nitrogen and oxygen atoms in total. The molecule has 1 aromatic heterocycles. The lowest BCUT2D eigenvalue weighted by Crippen LogP contribution is -2.33. The summed E-state index contributed by atoms with van der Waals surface area (Å²) in [6.07, 6.45) is 0. The summed E-state index contributed by atoms with van der Waals surface area (Å²) < 4.78 is 15.1. The number of hydrogen-bond acceptors (Lipinski definition) is 4. The predicted octanol–water partition coefficient (Wildman–Crippen LogP) is 4.46. The average molecular weight is 399 g/mol. The zero-order valence-electron chi connectivity index (χ0n) is 16.1. The normalized spacial score (nSPS) is 13.1. The third kappa shape index (κ3) is 4.59. The quantitative estimate of drug-likeness (QED) is 0.597. The maximum atomic E-state index is 13.1. The molecule has 1 heterocycles. The van der Waals surface area contributed by atoms with Gasteiger partial charge in [0.05, 0.1) is 11.3 Å². The Hall–Kier alpha value is -2.67. The van der Waals surface area contributed by atoms with Gasteiger partial charge in [-0.2, -0.15) is 0 Å². The molecule has 0 aliphatic carbocycles. The Morgan fingerprint density at radius 3 is 2.43 bits per heavy atom. The summed E-state index contributed by atoms with van der Waals surface area (Å²) in [4.78, 5) is 12.6. The highest BCUT2D eigenvalue weighted by Crippen LogP contribution is 2.27. The molecule has 0 bridgehead atoms. The van der Waals surface area contributed by atoms with Crippen molar-refractivity contribution in [3.05, 3.63) is 66.0 Å². The summed E-state index contributed by atoms with van der Waals surface area (Å²) in [5, 5.41) is 11.9. The summed E-state index contributed by atoms with van der Waals surface area (Å²) in [6.45, 7) is 6.46. The van der Waals surface area contributed by atoms with E-state index in [1.165, 1.54) is 23.9 Å². The van der Waals surface area contributed by atoms with Crippen molar-refractivity contribution in [1.82, 2.24) is 20.1 Å². The second-order valence-electron chi connectivity index (χ2n) is 6.46. The standard InChI is InChI=1S/C21H23FN4OS/c1-4-26-19(17-8-6-5-7-9-17)24-25-21(26)28-15(3)20(27)23-14(2)16-10-12-18(22)13-11-16/h5-15H,4H2,1-3H3,(H,23,27)/t14-,15-/m0/s1. The summed E-state index contributed by atoms with van der Waals surface area (Å²) in [7, 11) is 0. The minimum absolute atomic E-state index is 0.103. The Morgan fingerprint density at radius 1 is 1.11 bits per heavy atom. The van der Waals surface area contributed by atoms with Gasteiger partial charge in [0.2, 0.25) is 5.91 Å². The lowest BCUT2D eigenvalue weighted by atomic mass is 10.1. The average Bonchev–Trinajstić information content (AvgIpc) is 3.11. The van der Waals surface area contributed by atoms with Gasteiger partial charge in [-0.05, 0) is 38.5 Å². The van der Waals surface area contributed by atoms with E-state index >= 15 is 0 Å². The van der Waals surface area contributed by atoms with Crippen LogP contribution in [0.1, 0.15) is 32.4 Å². The largest absolute Gasteiger partial charge is 0.349 e. The van der Waals surface area contributed by atoms with Crippen molar-refractivity contribution >= 4 is 17.7 Å². The molecule has 2 aromatic carbocycles. The molecule has 28 heavy (non-hydrogen) atoms. The van der Waals surface area contributed by atoms with Gasteiger partial charge in [-0.15, -0.1) is 10.2 Å². The number of carbonyl (C=O) groups excluding carboxylic acids is 1. The van der Waals surface area contributed by atoms with Crippen LogP contribution >= 0.6 is 11.8 Å². The second kappa shape index (κ2) is 9.01. The molecule has 0 saturated carbocycles. The van der Waals surface area contributed by atoms with Crippen molar-refractivity contribution in [2.45, 2.75) is 43.8 Å². The fourth-order valence-corrected chi connectivity index (χ4v) is 3.76. The number of thioether (sulfide) groups is 1. The van der Waals surface area contributed by atoms with E-state index in [2.05, 4.69) is 15.5 Å². The fraction of sp³-hybridized carbons (Fsp3) is 0.286. The number of nitrogens with one attached hydrogen (secondary N) is 1. The number of hydrogen-bond donors (Lipinski definition) is 1. The number of benzene rings is 2. The molecule has 0 aliphatic heterocycles. The van der Waals surface area contributed by atoms with Crippen LogP contribution in [0.25, 0.3) is 11.4 Å². The molecule has 0 fully saturated rings. The van der Waals surface area contributed by atoms with Crippen LogP contribution in [-0.4, -0.2) is 25.9 Å². The van der Waals surface area contributed by atoms with Crippen LogP contribution in [0, 0.1) is 5.82 Å². The topological polar surface area (TPSA) is 59.8 Å². The van der Waals surface area contributed by atoms with Crippen LogP contribution < -0.4 is 5.32 Å². The van der Waals surface area contributed by atoms with Crippen LogP contribution in [0.3, 0.4) is 0 Å². The van der Waals surface area contributed by atoms with Crippen molar-refractivity contribution in [2.75, 3.05) is 0 Å². The van der Waals surface area contributed by atoms with Crippen LogP contribution in [0.5, 0.6) is 0 Å². The Morgan fingerprint density at radius 2 is 1.79 bits per heavy atom. The Kier molecular flexibility index (Phi) is 6.46. The van der Waals surface area contributed by atoms with Crippen molar-refractivity contribution in [1.29, 1.82) is 0 Å². The molecule has 0 unspecified atom stereocenters. The molecule has 7 heteroatoms. The van der Waals surface area contributed by atoms with E-state index in [9.17, 15) is 9.18 Å². The van der Waals surface area contributed by atoms with E-state index in [4.69, 9.17) is 0 Å². The molecular formula is C21H23FN4OS. The van der Waals surface area contributed by atoms with Crippen molar-refractivity contribution in [2.24, 2.45) is 0 Å². The Bertz CT molecular complexity index is 927. The molecule has 1 amide bonds. The van der Waals surface area contributed by atoms with Crippen molar-refractivity contribution in [3.63, 3.8) is 0 Å². The van der Waals surface area contributed by atoms with Gasteiger partial charge in [-0.25, -0.2) is 4.39 Å². The molecule has 2 atom stereocenters. The lowest BCUT2D eigenvalue weighted by molar-refractivity contribution is -0.120. The highest BCUT2D eigenvalue weighted by Gasteiger charge is 2.21. The van der Waals surface area contributed by atoms with Gasteiger partial charge in [-0.1, -0.05) is 54.2 Å². The predicted molar refractivity (Wildman–Crippen MR) is 109 cm³/mol. The Balaban J connectivity index is 1.68. The zero-order valence-corrected chi connectivity index (χ0v) is 16.9. The van der Waals surface area contributed by atoms with Gasteiger partial charge in [0, 0.05) is 12.1 Å². The van der Waals surface area contributed by atoms with Gasteiger partial charge in [-0.3, -0.25) is 4.79 Å². The number of aromatic nitrogens is 3. The van der Waals surface area contributed by atoms with Crippen molar-refractivity contribution < 1.29 is 9.18 Å². The summed E-state index contributed by atoms with van der Waals surface area (Å²) in [6, 6.07) is 15.8. The first kappa shape index (κ1) is 20.1. The van der Waals surface area contributed by atoms with Gasteiger partial charge < -0.3 is 9.88 Å². The number of carbonyl (C=O) groups is 1. The number of rotatable bonds is 7. The molecular weight excluding hydrogens is 375 g/mol. The van der Waals surface area contributed by atoms with Gasteiger partial charge in [0.15, 0.2) is 11.0 Å². The number of halogens is 1. The maximum Gasteiger partial charge on any atom is 0.233 e. The van der Waals surface area contributed by atoms with Crippen molar-refractivity contribution in [3.8, 4) is 11.4 Å². The molecule has 3 rings (SSSR count). The van der Waals surface area contributed by atoms with Crippen LogP contribution in [-0.2, 0) is 11.3 Å². The monoisotopic (exact) mass is 398 g/mol. The minimum Gasteiger partial charge on any atom is -0.349 e. The first-order valence-corrected chi connectivity index (χ1v) is 10.1. The highest BCUT2D eigenvalue weighted by molar-refractivity contribution is 8.00. The number of amides is 1. The van der Waals surface area contributed by atoms with Gasteiger partial charge in [0.25, 0.3) is 0 Å². The first-order valence-electron chi connectivity index (χ1n) is 9.20. The zero-order chi connectivity index (χ0) is 20.1.